The molecule has 3 aromatic rings. The fraction of sp³-hybridized carbons (Fsp3) is 0.238. The minimum absolute atomic E-state index is 0.117. The smallest absolute Gasteiger partial charge is 0.350 e. The minimum Gasteiger partial charge on any atom is -0.456 e. The summed E-state index contributed by atoms with van der Waals surface area (Å²) in [7, 11) is 0. The van der Waals surface area contributed by atoms with E-state index < -0.39 is 5.63 Å². The van der Waals surface area contributed by atoms with E-state index in [1.165, 1.54) is 0 Å². The van der Waals surface area contributed by atoms with E-state index in [-0.39, 0.29) is 11.3 Å². The van der Waals surface area contributed by atoms with Crippen molar-refractivity contribution in [2.75, 3.05) is 18.0 Å². The van der Waals surface area contributed by atoms with Gasteiger partial charge in [0, 0.05) is 24.8 Å². The zero-order valence-electron chi connectivity index (χ0n) is 15.1. The highest BCUT2D eigenvalue weighted by Crippen LogP contribution is 2.33. The van der Waals surface area contributed by atoms with Gasteiger partial charge in [-0.1, -0.05) is 17.7 Å². The molecule has 0 N–H and O–H groups in total. The van der Waals surface area contributed by atoms with Crippen LogP contribution < -0.4 is 15.3 Å². The molecule has 134 valence electrons. The predicted octanol–water partition coefficient (Wildman–Crippen LogP) is 4.55. The van der Waals surface area contributed by atoms with Crippen molar-refractivity contribution in [1.29, 1.82) is 0 Å². The lowest BCUT2D eigenvalue weighted by Crippen LogP contribution is -2.21. The molecule has 0 radical (unpaired) electrons. The first kappa shape index (κ1) is 17.7. The molecule has 0 saturated heterocycles. The van der Waals surface area contributed by atoms with Crippen molar-refractivity contribution in [2.24, 2.45) is 0 Å². The summed E-state index contributed by atoms with van der Waals surface area (Å²) < 4.78 is 11.3. The first-order valence-electron chi connectivity index (χ1n) is 8.62. The van der Waals surface area contributed by atoms with Crippen molar-refractivity contribution in [1.82, 2.24) is 0 Å². The van der Waals surface area contributed by atoms with Crippen molar-refractivity contribution >= 4 is 22.9 Å². The SMILES string of the molecule is CCN(CC)c1ccc2c(Oc3ccc(C)cc3)c(C=O)c(=O)oc2c1. The third-order valence-electron chi connectivity index (χ3n) is 4.36. The molecule has 0 aliphatic rings. The van der Waals surface area contributed by atoms with Crippen LogP contribution in [0.25, 0.3) is 11.0 Å². The van der Waals surface area contributed by atoms with Gasteiger partial charge in [-0.3, -0.25) is 4.79 Å². The van der Waals surface area contributed by atoms with Gasteiger partial charge in [-0.25, -0.2) is 4.79 Å². The fourth-order valence-electron chi connectivity index (χ4n) is 2.90. The van der Waals surface area contributed by atoms with Crippen LogP contribution in [0.3, 0.4) is 0 Å². The molecule has 0 aliphatic heterocycles. The predicted molar refractivity (Wildman–Crippen MR) is 103 cm³/mol. The van der Waals surface area contributed by atoms with Gasteiger partial charge in [0.15, 0.2) is 12.0 Å². The maximum absolute atomic E-state index is 12.3. The molecule has 0 fully saturated rings. The Hall–Kier alpha value is -3.08. The van der Waals surface area contributed by atoms with Gasteiger partial charge in [0.1, 0.15) is 16.9 Å². The average Bonchev–Trinajstić information content (AvgIpc) is 2.64. The van der Waals surface area contributed by atoms with E-state index in [2.05, 4.69) is 18.7 Å². The van der Waals surface area contributed by atoms with Crippen LogP contribution in [-0.4, -0.2) is 19.4 Å². The first-order chi connectivity index (χ1) is 12.6. The Labute approximate surface area is 151 Å². The molecule has 0 atom stereocenters. The van der Waals surface area contributed by atoms with Crippen LogP contribution >= 0.6 is 0 Å². The normalized spacial score (nSPS) is 10.7. The molecule has 0 aliphatic carbocycles. The molecule has 2 aromatic carbocycles. The van der Waals surface area contributed by atoms with Gasteiger partial charge >= 0.3 is 5.63 Å². The van der Waals surface area contributed by atoms with Gasteiger partial charge in [-0.05, 0) is 45.0 Å². The summed E-state index contributed by atoms with van der Waals surface area (Å²) in [6.07, 6.45) is 0.479. The Balaban J connectivity index is 2.17. The molecule has 1 aromatic heterocycles. The molecule has 5 nitrogen and oxygen atoms in total. The monoisotopic (exact) mass is 351 g/mol. The topological polar surface area (TPSA) is 59.8 Å². The molecule has 1 heterocycles. The average molecular weight is 351 g/mol. The molecule has 0 saturated carbocycles. The second-order valence-electron chi connectivity index (χ2n) is 6.02. The van der Waals surface area contributed by atoms with Crippen LogP contribution in [0.2, 0.25) is 0 Å². The third-order valence-corrected chi connectivity index (χ3v) is 4.36. The van der Waals surface area contributed by atoms with Gasteiger partial charge < -0.3 is 14.1 Å². The van der Waals surface area contributed by atoms with Crippen molar-refractivity contribution < 1.29 is 13.9 Å². The van der Waals surface area contributed by atoms with Crippen LogP contribution in [0.15, 0.2) is 51.7 Å². The number of aldehydes is 1. The van der Waals surface area contributed by atoms with Gasteiger partial charge in [0.2, 0.25) is 0 Å². The lowest BCUT2D eigenvalue weighted by molar-refractivity contribution is 0.111. The maximum Gasteiger partial charge on any atom is 0.350 e. The Morgan fingerprint density at radius 1 is 1.08 bits per heavy atom. The van der Waals surface area contributed by atoms with Crippen LogP contribution in [0.1, 0.15) is 29.8 Å². The van der Waals surface area contributed by atoms with E-state index >= 15 is 0 Å². The summed E-state index contributed by atoms with van der Waals surface area (Å²) in [5, 5.41) is 0.586. The Kier molecular flexibility index (Phi) is 5.07. The number of hydrogen-bond donors (Lipinski definition) is 0. The lowest BCUT2D eigenvalue weighted by atomic mass is 10.1. The van der Waals surface area contributed by atoms with Gasteiger partial charge in [-0.2, -0.15) is 0 Å². The second kappa shape index (κ2) is 7.44. The van der Waals surface area contributed by atoms with Crippen molar-refractivity contribution in [3.05, 3.63) is 64.0 Å². The van der Waals surface area contributed by atoms with Gasteiger partial charge in [0.05, 0.1) is 5.39 Å². The summed E-state index contributed by atoms with van der Waals surface area (Å²) >= 11 is 0. The number of fused-ring (bicyclic) bond motifs is 1. The van der Waals surface area contributed by atoms with Gasteiger partial charge in [-0.15, -0.1) is 0 Å². The Morgan fingerprint density at radius 2 is 1.77 bits per heavy atom. The number of nitrogens with zero attached hydrogens (tertiary/aromatic N) is 1. The zero-order chi connectivity index (χ0) is 18.7. The van der Waals surface area contributed by atoms with Crippen LogP contribution in [0.5, 0.6) is 11.5 Å². The maximum atomic E-state index is 12.3. The third kappa shape index (κ3) is 3.33. The highest BCUT2D eigenvalue weighted by molar-refractivity contribution is 5.94. The molecule has 0 bridgehead atoms. The number of aryl methyl sites for hydroxylation is 1. The molecule has 0 spiro atoms. The summed E-state index contributed by atoms with van der Waals surface area (Å²) in [4.78, 5) is 25.9. The highest BCUT2D eigenvalue weighted by Gasteiger charge is 2.17. The number of ether oxygens (including phenoxy) is 1. The van der Waals surface area contributed by atoms with E-state index in [1.807, 2.05) is 31.2 Å². The Morgan fingerprint density at radius 3 is 2.38 bits per heavy atom. The second-order valence-corrected chi connectivity index (χ2v) is 6.02. The van der Waals surface area contributed by atoms with Gasteiger partial charge in [0.25, 0.3) is 0 Å². The zero-order valence-corrected chi connectivity index (χ0v) is 15.1. The van der Waals surface area contributed by atoms with E-state index in [4.69, 9.17) is 9.15 Å². The number of carbonyl (C=O) groups is 1. The molecular weight excluding hydrogens is 330 g/mol. The van der Waals surface area contributed by atoms with E-state index in [0.29, 0.717) is 23.0 Å². The summed E-state index contributed by atoms with van der Waals surface area (Å²) in [6, 6.07) is 13.0. The Bertz CT molecular complexity index is 985. The number of rotatable bonds is 6. The largest absolute Gasteiger partial charge is 0.456 e. The van der Waals surface area contributed by atoms with Crippen molar-refractivity contribution in [3.63, 3.8) is 0 Å². The minimum atomic E-state index is -0.702. The molecular formula is C21H21NO4. The van der Waals surface area contributed by atoms with Crippen LogP contribution in [0, 0.1) is 6.92 Å². The van der Waals surface area contributed by atoms with Crippen molar-refractivity contribution in [3.8, 4) is 11.5 Å². The molecule has 0 amide bonds. The van der Waals surface area contributed by atoms with E-state index in [0.717, 1.165) is 24.3 Å². The lowest BCUT2D eigenvalue weighted by Gasteiger charge is -2.21. The standard InChI is InChI=1S/C21H21NO4/c1-4-22(5-2)15-8-11-17-19(12-15)26-21(24)18(13-23)20(17)25-16-9-6-14(3)7-10-16/h6-13H,4-5H2,1-3H3. The number of benzene rings is 2. The highest BCUT2D eigenvalue weighted by atomic mass is 16.5. The van der Waals surface area contributed by atoms with Crippen LogP contribution in [-0.2, 0) is 0 Å². The van der Waals surface area contributed by atoms with Crippen LogP contribution in [0.4, 0.5) is 5.69 Å². The summed E-state index contributed by atoms with van der Waals surface area (Å²) in [5.41, 5.74) is 1.62. The summed E-state index contributed by atoms with van der Waals surface area (Å²) in [6.45, 7) is 7.77. The fourth-order valence-corrected chi connectivity index (χ4v) is 2.90. The number of hydrogen-bond acceptors (Lipinski definition) is 5. The van der Waals surface area contributed by atoms with E-state index in [9.17, 15) is 9.59 Å². The molecule has 3 rings (SSSR count). The number of carbonyl (C=O) groups excluding carboxylic acids is 1. The molecule has 0 unspecified atom stereocenters. The van der Waals surface area contributed by atoms with Crippen molar-refractivity contribution in [2.45, 2.75) is 20.8 Å². The molecule has 26 heavy (non-hydrogen) atoms. The summed E-state index contributed by atoms with van der Waals surface area (Å²) in [5.74, 6) is 0.777. The quantitative estimate of drug-likeness (QED) is 0.481. The number of anilines is 1. The first-order valence-corrected chi connectivity index (χ1v) is 8.62. The van der Waals surface area contributed by atoms with E-state index in [1.54, 1.807) is 18.2 Å². The molecule has 5 heteroatoms.